The number of nitrogens with one attached hydrogen (secondary N) is 1. The maximum atomic E-state index is 12.1. The summed E-state index contributed by atoms with van der Waals surface area (Å²) in [5, 5.41) is 5.64. The van der Waals surface area contributed by atoms with Crippen molar-refractivity contribution in [2.24, 2.45) is 5.92 Å². The van der Waals surface area contributed by atoms with Gasteiger partial charge in [0, 0.05) is 23.3 Å². The molecule has 0 aromatic carbocycles. The van der Waals surface area contributed by atoms with Crippen molar-refractivity contribution in [1.29, 1.82) is 0 Å². The van der Waals surface area contributed by atoms with E-state index in [1.807, 2.05) is 19.1 Å². The molecule has 4 nitrogen and oxygen atoms in total. The number of anilines is 1. The van der Waals surface area contributed by atoms with Gasteiger partial charge < -0.3 is 0 Å². The molecule has 1 N–H and O–H groups in total. The Morgan fingerprint density at radius 3 is 3.09 bits per heavy atom. The number of rotatable bonds is 4. The first-order valence-electron chi connectivity index (χ1n) is 7.64. The molecule has 0 aliphatic carbocycles. The highest BCUT2D eigenvalue weighted by atomic mass is 32.1. The van der Waals surface area contributed by atoms with Crippen LogP contribution in [-0.4, -0.2) is 28.9 Å². The quantitative estimate of drug-likeness (QED) is 0.918. The number of likely N-dealkylation sites (tertiary alicyclic amines) is 1. The van der Waals surface area contributed by atoms with E-state index in [4.69, 9.17) is 0 Å². The molecule has 6 heteroatoms. The zero-order valence-corrected chi connectivity index (χ0v) is 14.6. The van der Waals surface area contributed by atoms with E-state index < -0.39 is 0 Å². The van der Waals surface area contributed by atoms with Gasteiger partial charge in [0.2, 0.25) is 0 Å². The van der Waals surface area contributed by atoms with Gasteiger partial charge in [0.15, 0.2) is 5.13 Å². The van der Waals surface area contributed by atoms with Crippen LogP contribution < -0.4 is 5.32 Å². The Hall–Kier alpha value is -1.24. The van der Waals surface area contributed by atoms with E-state index in [0.717, 1.165) is 41.0 Å². The molecule has 1 fully saturated rings. The molecule has 1 saturated heterocycles. The Labute approximate surface area is 139 Å². The van der Waals surface area contributed by atoms with E-state index in [2.05, 4.69) is 27.5 Å². The molecule has 1 aliphatic heterocycles. The van der Waals surface area contributed by atoms with Crippen LogP contribution in [0.4, 0.5) is 5.13 Å². The molecule has 3 rings (SSSR count). The molecule has 1 amide bonds. The molecule has 1 aliphatic rings. The summed E-state index contributed by atoms with van der Waals surface area (Å²) in [7, 11) is 0. The summed E-state index contributed by atoms with van der Waals surface area (Å²) in [5.74, 6) is 0.708. The third-order valence-corrected chi connectivity index (χ3v) is 5.67. The van der Waals surface area contributed by atoms with Crippen molar-refractivity contribution in [3.63, 3.8) is 0 Å². The average molecular weight is 335 g/mol. The molecule has 0 bridgehead atoms. The van der Waals surface area contributed by atoms with Crippen LogP contribution in [0.25, 0.3) is 0 Å². The number of aromatic nitrogens is 1. The Morgan fingerprint density at radius 1 is 1.50 bits per heavy atom. The number of piperidine rings is 1. The topological polar surface area (TPSA) is 45.2 Å². The molecule has 0 saturated carbocycles. The molecule has 2 aromatic rings. The second kappa shape index (κ2) is 6.89. The number of amides is 1. The number of thiazole rings is 1. The number of nitrogens with zero attached hydrogens (tertiary/aromatic N) is 2. The molecule has 2 aromatic heterocycles. The molecule has 0 unspecified atom stereocenters. The van der Waals surface area contributed by atoms with Gasteiger partial charge in [-0.15, -0.1) is 22.7 Å². The summed E-state index contributed by atoms with van der Waals surface area (Å²) in [5.41, 5.74) is 1.05. The lowest BCUT2D eigenvalue weighted by Crippen LogP contribution is -2.33. The summed E-state index contributed by atoms with van der Waals surface area (Å²) >= 11 is 3.01. The second-order valence-corrected chi connectivity index (χ2v) is 8.14. The zero-order valence-electron chi connectivity index (χ0n) is 13.0. The summed E-state index contributed by atoms with van der Waals surface area (Å²) in [4.78, 5) is 21.0. The largest absolute Gasteiger partial charge is 0.297 e. The van der Waals surface area contributed by atoms with Gasteiger partial charge >= 0.3 is 0 Å². The van der Waals surface area contributed by atoms with Crippen LogP contribution in [0.15, 0.2) is 17.5 Å². The Morgan fingerprint density at radius 2 is 2.36 bits per heavy atom. The summed E-state index contributed by atoms with van der Waals surface area (Å²) < 4.78 is 0. The van der Waals surface area contributed by atoms with Crippen molar-refractivity contribution in [2.75, 3.05) is 18.4 Å². The molecule has 1 atom stereocenters. The van der Waals surface area contributed by atoms with Gasteiger partial charge in [-0.25, -0.2) is 4.98 Å². The van der Waals surface area contributed by atoms with Gasteiger partial charge in [-0.05, 0) is 44.4 Å². The number of hydrogen-bond donors (Lipinski definition) is 1. The molecular weight excluding hydrogens is 314 g/mol. The second-order valence-electron chi connectivity index (χ2n) is 5.99. The minimum Gasteiger partial charge on any atom is -0.297 e. The lowest BCUT2D eigenvalue weighted by atomic mass is 10.0. The molecule has 22 heavy (non-hydrogen) atoms. The van der Waals surface area contributed by atoms with E-state index in [1.165, 1.54) is 35.5 Å². The maximum absolute atomic E-state index is 12.1. The van der Waals surface area contributed by atoms with E-state index in [-0.39, 0.29) is 5.91 Å². The average Bonchev–Trinajstić information content (AvgIpc) is 3.08. The van der Waals surface area contributed by atoms with Crippen molar-refractivity contribution in [3.05, 3.63) is 33.0 Å². The standard InChI is InChI=1S/C16H21N3OS2/c1-11-4-3-7-19(8-11)9-13-10-21-16(17-13)18-15(20)14-6-5-12(2)22-14/h5-6,10-11H,3-4,7-9H2,1-2H3,(H,17,18,20)/t11-/m0/s1. The van der Waals surface area contributed by atoms with Gasteiger partial charge in [0.25, 0.3) is 5.91 Å². The summed E-state index contributed by atoms with van der Waals surface area (Å²) in [6, 6.07) is 3.82. The van der Waals surface area contributed by atoms with E-state index >= 15 is 0 Å². The minimum atomic E-state index is -0.0643. The zero-order chi connectivity index (χ0) is 15.5. The first-order valence-corrected chi connectivity index (χ1v) is 9.34. The van der Waals surface area contributed by atoms with Crippen LogP contribution in [0.5, 0.6) is 0 Å². The first kappa shape index (κ1) is 15.6. The molecule has 0 spiro atoms. The number of thiophene rings is 1. The fourth-order valence-corrected chi connectivity index (χ4v) is 4.27. The van der Waals surface area contributed by atoms with Gasteiger partial charge in [-0.1, -0.05) is 6.92 Å². The predicted octanol–water partition coefficient (Wildman–Crippen LogP) is 4.00. The van der Waals surface area contributed by atoms with Crippen molar-refractivity contribution in [1.82, 2.24) is 9.88 Å². The van der Waals surface area contributed by atoms with Crippen LogP contribution >= 0.6 is 22.7 Å². The number of carbonyl (C=O) groups excluding carboxylic acids is 1. The van der Waals surface area contributed by atoms with E-state index in [0.29, 0.717) is 5.13 Å². The normalized spacial score (nSPS) is 19.3. The number of hydrogen-bond acceptors (Lipinski definition) is 5. The molecule has 3 heterocycles. The van der Waals surface area contributed by atoms with Crippen LogP contribution in [0, 0.1) is 12.8 Å². The van der Waals surface area contributed by atoms with Crippen molar-refractivity contribution in [3.8, 4) is 0 Å². The molecule has 0 radical (unpaired) electrons. The Balaban J connectivity index is 1.58. The lowest BCUT2D eigenvalue weighted by Gasteiger charge is -2.30. The van der Waals surface area contributed by atoms with Crippen LogP contribution in [-0.2, 0) is 6.54 Å². The van der Waals surface area contributed by atoms with Crippen molar-refractivity contribution >= 4 is 33.7 Å². The Bertz CT molecular complexity index is 649. The van der Waals surface area contributed by atoms with Crippen LogP contribution in [0.1, 0.15) is 40.0 Å². The third-order valence-electron chi connectivity index (χ3n) is 3.86. The van der Waals surface area contributed by atoms with Gasteiger partial charge in [0.05, 0.1) is 10.6 Å². The van der Waals surface area contributed by atoms with Crippen LogP contribution in [0.2, 0.25) is 0 Å². The predicted molar refractivity (Wildman–Crippen MR) is 92.8 cm³/mol. The van der Waals surface area contributed by atoms with Gasteiger partial charge in [0.1, 0.15) is 0 Å². The minimum absolute atomic E-state index is 0.0643. The molecular formula is C16H21N3OS2. The fraction of sp³-hybridized carbons (Fsp3) is 0.500. The van der Waals surface area contributed by atoms with Crippen LogP contribution in [0.3, 0.4) is 0 Å². The van der Waals surface area contributed by atoms with Gasteiger partial charge in [-0.2, -0.15) is 0 Å². The first-order chi connectivity index (χ1) is 10.6. The highest BCUT2D eigenvalue weighted by Crippen LogP contribution is 2.22. The highest BCUT2D eigenvalue weighted by Gasteiger charge is 2.18. The smallest absolute Gasteiger partial charge is 0.267 e. The molecule has 118 valence electrons. The van der Waals surface area contributed by atoms with Crippen molar-refractivity contribution < 1.29 is 4.79 Å². The SMILES string of the molecule is Cc1ccc(C(=O)Nc2nc(CN3CCC[C@H](C)C3)cs2)s1. The van der Waals surface area contributed by atoms with E-state index in [9.17, 15) is 4.79 Å². The Kier molecular flexibility index (Phi) is 4.90. The number of aryl methyl sites for hydroxylation is 1. The summed E-state index contributed by atoms with van der Waals surface area (Å²) in [6.07, 6.45) is 2.60. The van der Waals surface area contributed by atoms with E-state index in [1.54, 1.807) is 0 Å². The number of carbonyl (C=O) groups is 1. The lowest BCUT2D eigenvalue weighted by molar-refractivity contribution is 0.103. The van der Waals surface area contributed by atoms with Crippen molar-refractivity contribution in [2.45, 2.75) is 33.2 Å². The monoisotopic (exact) mass is 335 g/mol. The fourth-order valence-electron chi connectivity index (χ4n) is 2.81. The highest BCUT2D eigenvalue weighted by molar-refractivity contribution is 7.15. The third kappa shape index (κ3) is 3.94. The van der Waals surface area contributed by atoms with Gasteiger partial charge in [-0.3, -0.25) is 15.0 Å². The summed E-state index contributed by atoms with van der Waals surface area (Å²) in [6.45, 7) is 7.49. The maximum Gasteiger partial charge on any atom is 0.267 e.